The van der Waals surface area contributed by atoms with E-state index in [1.165, 1.54) is 29.5 Å². The minimum absolute atomic E-state index is 0.147. The van der Waals surface area contributed by atoms with E-state index in [1.807, 2.05) is 6.07 Å². The van der Waals surface area contributed by atoms with Crippen molar-refractivity contribution >= 4 is 10.9 Å². The minimum atomic E-state index is -0.147. The summed E-state index contributed by atoms with van der Waals surface area (Å²) in [4.78, 5) is 0. The van der Waals surface area contributed by atoms with E-state index >= 15 is 0 Å². The first kappa shape index (κ1) is 11.7. The topological polar surface area (TPSA) is 30.9 Å². The van der Waals surface area contributed by atoms with Crippen LogP contribution in [-0.2, 0) is 19.4 Å². The number of aryl methyl sites for hydroxylation is 2. The normalized spacial score (nSPS) is 15.0. The SMILES string of the molecule is NCCCn1c2c(c3ccc(F)cc31)CCCC2. The van der Waals surface area contributed by atoms with Crippen molar-refractivity contribution in [1.82, 2.24) is 4.57 Å². The maximum absolute atomic E-state index is 13.5. The Morgan fingerprint density at radius 3 is 2.89 bits per heavy atom. The molecule has 2 nitrogen and oxygen atoms in total. The van der Waals surface area contributed by atoms with E-state index in [-0.39, 0.29) is 5.82 Å². The lowest BCUT2D eigenvalue weighted by Gasteiger charge is -2.15. The second kappa shape index (κ2) is 4.73. The van der Waals surface area contributed by atoms with Crippen LogP contribution in [0, 0.1) is 5.82 Å². The van der Waals surface area contributed by atoms with Crippen LogP contribution in [0.2, 0.25) is 0 Å². The Labute approximate surface area is 107 Å². The number of rotatable bonds is 3. The molecule has 3 rings (SSSR count). The molecule has 0 aliphatic heterocycles. The molecule has 0 fully saturated rings. The Kier molecular flexibility index (Phi) is 3.08. The second-order valence-electron chi connectivity index (χ2n) is 5.09. The molecule has 1 heterocycles. The fourth-order valence-electron chi connectivity index (χ4n) is 3.11. The molecule has 0 unspecified atom stereocenters. The van der Waals surface area contributed by atoms with Crippen molar-refractivity contribution in [1.29, 1.82) is 0 Å². The quantitative estimate of drug-likeness (QED) is 0.886. The Bertz CT molecular complexity index is 571. The second-order valence-corrected chi connectivity index (χ2v) is 5.09. The average molecular weight is 246 g/mol. The number of aromatic nitrogens is 1. The molecule has 0 bridgehead atoms. The third-order valence-corrected chi connectivity index (χ3v) is 3.93. The van der Waals surface area contributed by atoms with Gasteiger partial charge in [-0.2, -0.15) is 0 Å². The lowest BCUT2D eigenvalue weighted by Crippen LogP contribution is -2.11. The Balaban J connectivity index is 2.19. The van der Waals surface area contributed by atoms with E-state index in [1.54, 1.807) is 12.1 Å². The molecular weight excluding hydrogens is 227 g/mol. The number of fused-ring (bicyclic) bond motifs is 3. The molecule has 0 atom stereocenters. The Morgan fingerprint density at radius 1 is 1.22 bits per heavy atom. The van der Waals surface area contributed by atoms with Crippen molar-refractivity contribution in [3.8, 4) is 0 Å². The summed E-state index contributed by atoms with van der Waals surface area (Å²) in [5.41, 5.74) is 9.51. The van der Waals surface area contributed by atoms with Crippen molar-refractivity contribution in [2.75, 3.05) is 6.54 Å². The standard InChI is InChI=1S/C15H19FN2/c16-11-6-7-13-12-4-1-2-5-14(12)18(9-3-8-17)15(13)10-11/h6-7,10H,1-5,8-9,17H2. The lowest BCUT2D eigenvalue weighted by molar-refractivity contribution is 0.593. The van der Waals surface area contributed by atoms with Crippen molar-refractivity contribution in [2.45, 2.75) is 38.6 Å². The zero-order valence-electron chi connectivity index (χ0n) is 10.6. The molecule has 1 aliphatic carbocycles. The Hall–Kier alpha value is -1.35. The van der Waals surface area contributed by atoms with Crippen LogP contribution in [0.15, 0.2) is 18.2 Å². The van der Waals surface area contributed by atoms with Gasteiger partial charge >= 0.3 is 0 Å². The molecule has 1 aromatic carbocycles. The summed E-state index contributed by atoms with van der Waals surface area (Å²) >= 11 is 0. The number of hydrogen-bond donors (Lipinski definition) is 1. The molecule has 0 amide bonds. The van der Waals surface area contributed by atoms with Crippen molar-refractivity contribution in [3.05, 3.63) is 35.3 Å². The molecule has 0 saturated carbocycles. The van der Waals surface area contributed by atoms with Crippen molar-refractivity contribution in [2.24, 2.45) is 5.73 Å². The van der Waals surface area contributed by atoms with Crippen molar-refractivity contribution in [3.63, 3.8) is 0 Å². The average Bonchev–Trinajstić information content (AvgIpc) is 2.70. The highest BCUT2D eigenvalue weighted by atomic mass is 19.1. The smallest absolute Gasteiger partial charge is 0.125 e. The molecule has 3 heteroatoms. The number of benzene rings is 1. The van der Waals surface area contributed by atoms with E-state index in [4.69, 9.17) is 5.73 Å². The highest BCUT2D eigenvalue weighted by Crippen LogP contribution is 2.32. The molecule has 0 spiro atoms. The zero-order valence-corrected chi connectivity index (χ0v) is 10.6. The molecule has 18 heavy (non-hydrogen) atoms. The van der Waals surface area contributed by atoms with E-state index in [0.29, 0.717) is 6.54 Å². The predicted molar refractivity (Wildman–Crippen MR) is 72.2 cm³/mol. The number of nitrogens with zero attached hydrogens (tertiary/aromatic N) is 1. The number of halogens is 1. The maximum Gasteiger partial charge on any atom is 0.125 e. The van der Waals surface area contributed by atoms with Crippen LogP contribution >= 0.6 is 0 Å². The van der Waals surface area contributed by atoms with Gasteiger partial charge < -0.3 is 10.3 Å². The molecule has 1 aromatic heterocycles. The number of nitrogens with two attached hydrogens (primary N) is 1. The van der Waals surface area contributed by atoms with Crippen LogP contribution in [-0.4, -0.2) is 11.1 Å². The highest BCUT2D eigenvalue weighted by molar-refractivity contribution is 5.86. The molecule has 0 radical (unpaired) electrons. The largest absolute Gasteiger partial charge is 0.344 e. The summed E-state index contributed by atoms with van der Waals surface area (Å²) in [6.07, 6.45) is 5.70. The van der Waals surface area contributed by atoms with Gasteiger partial charge in [0.25, 0.3) is 0 Å². The lowest BCUT2D eigenvalue weighted by atomic mass is 9.95. The summed E-state index contributed by atoms with van der Waals surface area (Å²) in [6, 6.07) is 5.18. The van der Waals surface area contributed by atoms with Crippen LogP contribution in [0.25, 0.3) is 10.9 Å². The summed E-state index contributed by atoms with van der Waals surface area (Å²) in [6.45, 7) is 1.59. The van der Waals surface area contributed by atoms with Crippen LogP contribution in [0.4, 0.5) is 4.39 Å². The van der Waals surface area contributed by atoms with Gasteiger partial charge in [0.1, 0.15) is 5.82 Å². The Morgan fingerprint density at radius 2 is 2.06 bits per heavy atom. The van der Waals surface area contributed by atoms with Crippen LogP contribution < -0.4 is 5.73 Å². The van der Waals surface area contributed by atoms with Gasteiger partial charge in [0.05, 0.1) is 5.52 Å². The summed E-state index contributed by atoms with van der Waals surface area (Å²) < 4.78 is 15.8. The fourth-order valence-corrected chi connectivity index (χ4v) is 3.11. The zero-order chi connectivity index (χ0) is 12.5. The van der Waals surface area contributed by atoms with E-state index in [9.17, 15) is 4.39 Å². The van der Waals surface area contributed by atoms with Gasteiger partial charge in [0.2, 0.25) is 0 Å². The van der Waals surface area contributed by atoms with Crippen molar-refractivity contribution < 1.29 is 4.39 Å². The van der Waals surface area contributed by atoms with E-state index < -0.39 is 0 Å². The first-order valence-corrected chi connectivity index (χ1v) is 6.81. The van der Waals surface area contributed by atoms with Crippen LogP contribution in [0.5, 0.6) is 0 Å². The van der Waals surface area contributed by atoms with Gasteiger partial charge in [-0.25, -0.2) is 4.39 Å². The molecule has 1 aliphatic rings. The first-order chi connectivity index (χ1) is 8.81. The first-order valence-electron chi connectivity index (χ1n) is 6.81. The summed E-state index contributed by atoms with van der Waals surface area (Å²) in [7, 11) is 0. The molecule has 2 N–H and O–H groups in total. The summed E-state index contributed by atoms with van der Waals surface area (Å²) in [5, 5.41) is 1.24. The maximum atomic E-state index is 13.5. The van der Waals surface area contributed by atoms with Gasteiger partial charge in [-0.3, -0.25) is 0 Å². The van der Waals surface area contributed by atoms with E-state index in [2.05, 4.69) is 4.57 Å². The minimum Gasteiger partial charge on any atom is -0.344 e. The van der Waals surface area contributed by atoms with Crippen LogP contribution in [0.1, 0.15) is 30.5 Å². The number of hydrogen-bond acceptors (Lipinski definition) is 1. The van der Waals surface area contributed by atoms with Gasteiger partial charge in [0.15, 0.2) is 0 Å². The van der Waals surface area contributed by atoms with Gasteiger partial charge in [0, 0.05) is 17.6 Å². The third kappa shape index (κ3) is 1.83. The van der Waals surface area contributed by atoms with Gasteiger partial charge in [-0.05, 0) is 62.4 Å². The molecule has 2 aromatic rings. The van der Waals surface area contributed by atoms with E-state index in [0.717, 1.165) is 31.3 Å². The monoisotopic (exact) mass is 246 g/mol. The van der Waals surface area contributed by atoms with Gasteiger partial charge in [-0.1, -0.05) is 0 Å². The van der Waals surface area contributed by atoms with Crippen LogP contribution in [0.3, 0.4) is 0 Å². The van der Waals surface area contributed by atoms with Gasteiger partial charge in [-0.15, -0.1) is 0 Å². The molecule has 96 valence electrons. The summed E-state index contributed by atoms with van der Waals surface area (Å²) in [5.74, 6) is -0.147. The predicted octanol–water partition coefficient (Wildman–Crippen LogP) is 3.01. The third-order valence-electron chi connectivity index (χ3n) is 3.93. The highest BCUT2D eigenvalue weighted by Gasteiger charge is 2.19. The molecular formula is C15H19FN2. The fraction of sp³-hybridized carbons (Fsp3) is 0.467. The molecule has 0 saturated heterocycles.